The molecule has 2 N–H and O–H groups in total. The van der Waals surface area contributed by atoms with Crippen molar-refractivity contribution in [2.45, 2.75) is 6.92 Å². The van der Waals surface area contributed by atoms with Gasteiger partial charge in [0.05, 0.1) is 34.7 Å². The molecule has 0 spiro atoms. The first-order valence-corrected chi connectivity index (χ1v) is 6.57. The maximum atomic E-state index is 6.09. The van der Waals surface area contributed by atoms with Crippen LogP contribution in [-0.4, -0.2) is 23.0 Å². The van der Waals surface area contributed by atoms with Crippen molar-refractivity contribution >= 4 is 39.7 Å². The molecule has 19 heavy (non-hydrogen) atoms. The molecular weight excluding hydrogens is 332 g/mol. The van der Waals surface area contributed by atoms with Gasteiger partial charge in [-0.2, -0.15) is 5.10 Å². The van der Waals surface area contributed by atoms with E-state index in [2.05, 4.69) is 26.0 Å². The van der Waals surface area contributed by atoms with Crippen LogP contribution >= 0.6 is 27.5 Å². The van der Waals surface area contributed by atoms with E-state index in [1.807, 2.05) is 13.0 Å². The minimum Gasteiger partial charge on any atom is -0.494 e. The number of nitrogens with zero attached hydrogens (tertiary/aromatic N) is 3. The zero-order chi connectivity index (χ0) is 14.0. The van der Waals surface area contributed by atoms with E-state index >= 15 is 0 Å². The van der Waals surface area contributed by atoms with Gasteiger partial charge in [0, 0.05) is 0 Å². The lowest BCUT2D eigenvalue weighted by Gasteiger charge is -2.06. The Morgan fingerprint density at radius 2 is 2.26 bits per heavy atom. The van der Waals surface area contributed by atoms with Crippen LogP contribution in [0.5, 0.6) is 5.75 Å². The summed E-state index contributed by atoms with van der Waals surface area (Å²) in [6.45, 7) is 1.85. The van der Waals surface area contributed by atoms with Gasteiger partial charge in [-0.15, -0.1) is 0 Å². The molecule has 0 saturated carbocycles. The van der Waals surface area contributed by atoms with E-state index in [0.717, 1.165) is 15.7 Å². The third-order valence-corrected chi connectivity index (χ3v) is 3.26. The molecule has 2 aromatic rings. The molecule has 7 heteroatoms. The zero-order valence-corrected chi connectivity index (χ0v) is 12.7. The highest BCUT2D eigenvalue weighted by atomic mass is 79.9. The SMILES string of the molecule is COc1c(Cl)cc(C=Nn2cc(C)nc2N)cc1Br. The summed E-state index contributed by atoms with van der Waals surface area (Å²) in [6, 6.07) is 3.61. The van der Waals surface area contributed by atoms with Crippen LogP contribution in [0.15, 0.2) is 27.9 Å². The summed E-state index contributed by atoms with van der Waals surface area (Å²) >= 11 is 9.48. The number of rotatable bonds is 3. The fraction of sp³-hybridized carbons (Fsp3) is 0.167. The Morgan fingerprint density at radius 3 is 2.79 bits per heavy atom. The summed E-state index contributed by atoms with van der Waals surface area (Å²) in [5.74, 6) is 0.934. The number of aryl methyl sites for hydroxylation is 1. The van der Waals surface area contributed by atoms with Crippen LogP contribution in [0.2, 0.25) is 5.02 Å². The number of benzene rings is 1. The van der Waals surface area contributed by atoms with E-state index in [1.54, 1.807) is 25.6 Å². The average molecular weight is 344 g/mol. The molecule has 0 aliphatic rings. The van der Waals surface area contributed by atoms with Crippen LogP contribution in [0.3, 0.4) is 0 Å². The number of nitrogen functional groups attached to an aromatic ring is 1. The Labute approximate surface area is 124 Å². The Bertz CT molecular complexity index is 616. The number of hydrogen-bond donors (Lipinski definition) is 1. The van der Waals surface area contributed by atoms with Crippen molar-refractivity contribution in [3.8, 4) is 5.75 Å². The molecule has 0 aliphatic heterocycles. The maximum Gasteiger partial charge on any atom is 0.221 e. The number of anilines is 1. The minimum absolute atomic E-state index is 0.340. The molecule has 0 bridgehead atoms. The molecule has 1 aromatic heterocycles. The van der Waals surface area contributed by atoms with Crippen molar-refractivity contribution < 1.29 is 4.74 Å². The van der Waals surface area contributed by atoms with Gasteiger partial charge in [0.1, 0.15) is 0 Å². The highest BCUT2D eigenvalue weighted by molar-refractivity contribution is 9.10. The number of imidazole rings is 1. The van der Waals surface area contributed by atoms with Crippen molar-refractivity contribution in [2.75, 3.05) is 12.8 Å². The van der Waals surface area contributed by atoms with E-state index in [-0.39, 0.29) is 0 Å². The summed E-state index contributed by atoms with van der Waals surface area (Å²) in [4.78, 5) is 4.06. The summed E-state index contributed by atoms with van der Waals surface area (Å²) in [5, 5.41) is 4.73. The highest BCUT2D eigenvalue weighted by Gasteiger charge is 2.07. The molecule has 1 heterocycles. The van der Waals surface area contributed by atoms with Crippen LogP contribution < -0.4 is 10.5 Å². The second-order valence-electron chi connectivity index (χ2n) is 3.85. The number of hydrogen-bond acceptors (Lipinski definition) is 4. The van der Waals surface area contributed by atoms with Crippen molar-refractivity contribution in [1.29, 1.82) is 0 Å². The van der Waals surface area contributed by atoms with E-state index < -0.39 is 0 Å². The van der Waals surface area contributed by atoms with Gasteiger partial charge in [0.25, 0.3) is 0 Å². The van der Waals surface area contributed by atoms with Crippen molar-refractivity contribution in [1.82, 2.24) is 9.66 Å². The molecule has 2 rings (SSSR count). The Hall–Kier alpha value is -1.53. The molecule has 0 saturated heterocycles. The summed E-state index contributed by atoms with van der Waals surface area (Å²) in [6.07, 6.45) is 3.39. The Morgan fingerprint density at radius 1 is 1.53 bits per heavy atom. The van der Waals surface area contributed by atoms with Crippen molar-refractivity contribution in [2.24, 2.45) is 5.10 Å². The van der Waals surface area contributed by atoms with E-state index in [4.69, 9.17) is 22.1 Å². The molecule has 0 atom stereocenters. The quantitative estimate of drug-likeness (QED) is 0.871. The lowest BCUT2D eigenvalue weighted by Crippen LogP contribution is -1.97. The molecule has 0 fully saturated rings. The third-order valence-electron chi connectivity index (χ3n) is 2.39. The lowest BCUT2D eigenvalue weighted by atomic mass is 10.2. The molecular formula is C12H12BrClN4O. The van der Waals surface area contributed by atoms with Gasteiger partial charge in [-0.3, -0.25) is 0 Å². The maximum absolute atomic E-state index is 6.09. The van der Waals surface area contributed by atoms with Gasteiger partial charge < -0.3 is 10.5 Å². The van der Waals surface area contributed by atoms with Gasteiger partial charge in [0.2, 0.25) is 5.95 Å². The zero-order valence-electron chi connectivity index (χ0n) is 10.4. The van der Waals surface area contributed by atoms with Gasteiger partial charge >= 0.3 is 0 Å². The lowest BCUT2D eigenvalue weighted by molar-refractivity contribution is 0.412. The van der Waals surface area contributed by atoms with Crippen LogP contribution in [0.1, 0.15) is 11.3 Å². The summed E-state index contributed by atoms with van der Waals surface area (Å²) in [5.41, 5.74) is 7.33. The van der Waals surface area contributed by atoms with Gasteiger partial charge in [-0.1, -0.05) is 11.6 Å². The van der Waals surface area contributed by atoms with Crippen LogP contribution in [-0.2, 0) is 0 Å². The van der Waals surface area contributed by atoms with Crippen LogP contribution in [0.4, 0.5) is 5.95 Å². The number of methoxy groups -OCH3 is 1. The molecule has 1 aromatic carbocycles. The first-order chi connectivity index (χ1) is 9.01. The van der Waals surface area contributed by atoms with Gasteiger partial charge in [-0.05, 0) is 40.5 Å². The predicted molar refractivity (Wildman–Crippen MR) is 80.1 cm³/mol. The molecule has 0 aliphatic carbocycles. The largest absolute Gasteiger partial charge is 0.494 e. The fourth-order valence-electron chi connectivity index (χ4n) is 1.57. The molecule has 5 nitrogen and oxygen atoms in total. The first-order valence-electron chi connectivity index (χ1n) is 5.40. The highest BCUT2D eigenvalue weighted by Crippen LogP contribution is 2.33. The molecule has 100 valence electrons. The van der Waals surface area contributed by atoms with Gasteiger partial charge in [-0.25, -0.2) is 9.66 Å². The standard InChI is InChI=1S/C12H12BrClN4O/c1-7-6-18(12(15)17-7)16-5-8-3-9(13)11(19-2)10(14)4-8/h3-6H,1-2H3,(H2,15,17). The van der Waals surface area contributed by atoms with E-state index in [1.165, 1.54) is 4.68 Å². The monoisotopic (exact) mass is 342 g/mol. The number of aromatic nitrogens is 2. The number of nitrogens with two attached hydrogens (primary N) is 1. The first kappa shape index (κ1) is 13.9. The number of halogens is 2. The normalized spacial score (nSPS) is 11.2. The van der Waals surface area contributed by atoms with Crippen LogP contribution in [0, 0.1) is 6.92 Å². The van der Waals surface area contributed by atoms with Crippen molar-refractivity contribution in [3.05, 3.63) is 39.1 Å². The molecule has 0 unspecified atom stereocenters. The third kappa shape index (κ3) is 3.08. The summed E-state index contributed by atoms with van der Waals surface area (Å²) < 4.78 is 7.42. The average Bonchev–Trinajstić information content (AvgIpc) is 2.65. The Balaban J connectivity index is 2.31. The predicted octanol–water partition coefficient (Wildman–Crippen LogP) is 3.08. The Kier molecular flexibility index (Phi) is 4.11. The number of ether oxygens (including phenoxy) is 1. The smallest absolute Gasteiger partial charge is 0.221 e. The topological polar surface area (TPSA) is 65.4 Å². The van der Waals surface area contributed by atoms with E-state index in [0.29, 0.717) is 16.7 Å². The van der Waals surface area contributed by atoms with Crippen LogP contribution in [0.25, 0.3) is 0 Å². The summed E-state index contributed by atoms with van der Waals surface area (Å²) in [7, 11) is 1.56. The minimum atomic E-state index is 0.340. The second-order valence-corrected chi connectivity index (χ2v) is 5.11. The second kappa shape index (κ2) is 5.63. The molecule has 0 amide bonds. The van der Waals surface area contributed by atoms with Crippen molar-refractivity contribution in [3.63, 3.8) is 0 Å². The molecule has 0 radical (unpaired) electrons. The fourth-order valence-corrected chi connectivity index (χ4v) is 2.63. The van der Waals surface area contributed by atoms with Gasteiger partial charge in [0.15, 0.2) is 5.75 Å². The van der Waals surface area contributed by atoms with E-state index in [9.17, 15) is 0 Å².